The Balaban J connectivity index is 2.31. The fourth-order valence-corrected chi connectivity index (χ4v) is 2.73. The van der Waals surface area contributed by atoms with Gasteiger partial charge in [-0.2, -0.15) is 0 Å². The molecule has 5 nitrogen and oxygen atoms in total. The van der Waals surface area contributed by atoms with Crippen LogP contribution in [0.1, 0.15) is 51.4 Å². The lowest BCUT2D eigenvalue weighted by Crippen LogP contribution is -2.36. The van der Waals surface area contributed by atoms with Crippen molar-refractivity contribution in [3.8, 4) is 0 Å². The van der Waals surface area contributed by atoms with Crippen LogP contribution in [0.5, 0.6) is 0 Å². The summed E-state index contributed by atoms with van der Waals surface area (Å²) in [6.45, 7) is 0. The Bertz CT molecular complexity index is 309. The highest BCUT2D eigenvalue weighted by atomic mass is 16.7. The molecule has 1 rings (SSSR count). The van der Waals surface area contributed by atoms with E-state index in [9.17, 15) is 9.59 Å². The third-order valence-corrected chi connectivity index (χ3v) is 3.96. The van der Waals surface area contributed by atoms with E-state index in [1.165, 1.54) is 14.2 Å². The predicted molar refractivity (Wildman–Crippen MR) is 69.8 cm³/mol. The molecule has 0 aromatic heterocycles. The Morgan fingerprint density at radius 2 is 2.05 bits per heavy atom. The molecule has 0 spiro atoms. The van der Waals surface area contributed by atoms with Crippen LogP contribution >= 0.6 is 0 Å². The molecule has 1 fully saturated rings. The van der Waals surface area contributed by atoms with Crippen LogP contribution in [0.3, 0.4) is 0 Å². The van der Waals surface area contributed by atoms with Crippen LogP contribution in [-0.2, 0) is 19.1 Å². The van der Waals surface area contributed by atoms with Gasteiger partial charge < -0.3 is 14.6 Å². The first-order chi connectivity index (χ1) is 9.03. The maximum atomic E-state index is 11.5. The summed E-state index contributed by atoms with van der Waals surface area (Å²) in [5.41, 5.74) is 0. The van der Waals surface area contributed by atoms with Gasteiger partial charge in [0.25, 0.3) is 0 Å². The number of Topliss-reactive ketones (excluding diaryl/α,β-unsaturated/α-hetero) is 1. The molecular weight excluding hydrogens is 248 g/mol. The van der Waals surface area contributed by atoms with Crippen LogP contribution in [0.25, 0.3) is 0 Å². The average Bonchev–Trinajstić information content (AvgIpc) is 2.78. The quantitative estimate of drug-likeness (QED) is 0.515. The van der Waals surface area contributed by atoms with Gasteiger partial charge in [-0.15, -0.1) is 0 Å². The SMILES string of the molecule is COC(CCCCC1CCCC1=O)(CC(=O)O)OC. The summed E-state index contributed by atoms with van der Waals surface area (Å²) >= 11 is 0. The van der Waals surface area contributed by atoms with Crippen LogP contribution in [0, 0.1) is 5.92 Å². The molecule has 110 valence electrons. The predicted octanol–water partition coefficient (Wildman–Crippen LogP) is 2.38. The van der Waals surface area contributed by atoms with Gasteiger partial charge in [0.2, 0.25) is 0 Å². The number of hydrogen-bond donors (Lipinski definition) is 1. The van der Waals surface area contributed by atoms with Crippen molar-refractivity contribution in [2.75, 3.05) is 14.2 Å². The van der Waals surface area contributed by atoms with Crippen molar-refractivity contribution in [3.05, 3.63) is 0 Å². The van der Waals surface area contributed by atoms with E-state index in [2.05, 4.69) is 0 Å². The number of hydrogen-bond acceptors (Lipinski definition) is 4. The highest BCUT2D eigenvalue weighted by molar-refractivity contribution is 5.82. The van der Waals surface area contributed by atoms with Crippen LogP contribution < -0.4 is 0 Å². The van der Waals surface area contributed by atoms with Gasteiger partial charge in [0.05, 0.1) is 6.42 Å². The lowest BCUT2D eigenvalue weighted by molar-refractivity contribution is -0.219. The van der Waals surface area contributed by atoms with E-state index < -0.39 is 11.8 Å². The van der Waals surface area contributed by atoms with Crippen molar-refractivity contribution in [2.45, 2.75) is 57.2 Å². The zero-order valence-corrected chi connectivity index (χ0v) is 11.8. The second-order valence-corrected chi connectivity index (χ2v) is 5.19. The normalized spacial score (nSPS) is 19.9. The molecule has 5 heteroatoms. The summed E-state index contributed by atoms with van der Waals surface area (Å²) in [7, 11) is 2.93. The van der Waals surface area contributed by atoms with Gasteiger partial charge in [-0.25, -0.2) is 0 Å². The van der Waals surface area contributed by atoms with Gasteiger partial charge in [-0.1, -0.05) is 6.42 Å². The van der Waals surface area contributed by atoms with Gasteiger partial charge in [-0.05, 0) is 25.7 Å². The molecule has 1 atom stereocenters. The number of carbonyl (C=O) groups excluding carboxylic acids is 1. The molecule has 1 saturated carbocycles. The number of ether oxygens (including phenoxy) is 2. The smallest absolute Gasteiger partial charge is 0.308 e. The molecule has 0 amide bonds. The molecule has 0 bridgehead atoms. The van der Waals surface area contributed by atoms with Crippen molar-refractivity contribution < 1.29 is 24.2 Å². The molecule has 0 heterocycles. The molecule has 1 unspecified atom stereocenters. The molecule has 0 radical (unpaired) electrons. The summed E-state index contributed by atoms with van der Waals surface area (Å²) in [5, 5.41) is 8.87. The molecule has 1 aliphatic carbocycles. The molecule has 0 aromatic carbocycles. The largest absolute Gasteiger partial charge is 0.481 e. The van der Waals surface area contributed by atoms with Crippen LogP contribution in [0.2, 0.25) is 0 Å². The summed E-state index contributed by atoms with van der Waals surface area (Å²) in [4.78, 5) is 22.3. The van der Waals surface area contributed by atoms with Gasteiger partial charge in [0.1, 0.15) is 5.78 Å². The Kier molecular flexibility index (Phi) is 6.45. The molecule has 0 aromatic rings. The minimum atomic E-state index is -1.04. The maximum absolute atomic E-state index is 11.5. The fourth-order valence-electron chi connectivity index (χ4n) is 2.73. The third kappa shape index (κ3) is 4.91. The van der Waals surface area contributed by atoms with Gasteiger partial charge in [-0.3, -0.25) is 9.59 Å². The molecule has 1 N–H and O–H groups in total. The molecule has 1 aliphatic rings. The highest BCUT2D eigenvalue weighted by Gasteiger charge is 2.32. The molecule has 0 saturated heterocycles. The summed E-state index contributed by atoms with van der Waals surface area (Å²) in [5.74, 6) is -1.37. The zero-order valence-electron chi connectivity index (χ0n) is 11.8. The number of ketones is 1. The third-order valence-electron chi connectivity index (χ3n) is 3.96. The number of carboxylic acids is 1. The molecule has 19 heavy (non-hydrogen) atoms. The minimum Gasteiger partial charge on any atom is -0.481 e. The number of methoxy groups -OCH3 is 2. The maximum Gasteiger partial charge on any atom is 0.308 e. The van der Waals surface area contributed by atoms with Gasteiger partial charge in [0, 0.05) is 33.0 Å². The van der Waals surface area contributed by atoms with Crippen LogP contribution in [0.15, 0.2) is 0 Å². The van der Waals surface area contributed by atoms with E-state index in [1.807, 2.05) is 0 Å². The van der Waals surface area contributed by atoms with Crippen LogP contribution in [-0.4, -0.2) is 36.9 Å². The Labute approximate surface area is 114 Å². The van der Waals surface area contributed by atoms with E-state index >= 15 is 0 Å². The average molecular weight is 272 g/mol. The van der Waals surface area contributed by atoms with Crippen molar-refractivity contribution in [3.63, 3.8) is 0 Å². The number of aliphatic carboxylic acids is 1. The topological polar surface area (TPSA) is 72.8 Å². The Morgan fingerprint density at radius 1 is 1.37 bits per heavy atom. The minimum absolute atomic E-state index is 0.164. The monoisotopic (exact) mass is 272 g/mol. The van der Waals surface area contributed by atoms with E-state index in [1.54, 1.807) is 0 Å². The van der Waals surface area contributed by atoms with Gasteiger partial charge >= 0.3 is 5.97 Å². The summed E-state index contributed by atoms with van der Waals surface area (Å²) in [6.07, 6.45) is 5.73. The first-order valence-electron chi connectivity index (χ1n) is 6.88. The highest BCUT2D eigenvalue weighted by Crippen LogP contribution is 2.28. The molecular formula is C14H24O5. The molecule has 0 aliphatic heterocycles. The lowest BCUT2D eigenvalue weighted by atomic mass is 9.97. The Morgan fingerprint density at radius 3 is 2.53 bits per heavy atom. The van der Waals surface area contributed by atoms with E-state index in [-0.39, 0.29) is 12.3 Å². The lowest BCUT2D eigenvalue weighted by Gasteiger charge is -2.29. The number of carboxylic acid groups (broad SMARTS) is 1. The fraction of sp³-hybridized carbons (Fsp3) is 0.857. The number of carbonyl (C=O) groups is 2. The van der Waals surface area contributed by atoms with E-state index in [0.29, 0.717) is 12.2 Å². The van der Waals surface area contributed by atoms with Gasteiger partial charge in [0.15, 0.2) is 5.79 Å². The van der Waals surface area contributed by atoms with E-state index in [4.69, 9.17) is 14.6 Å². The summed E-state index contributed by atoms with van der Waals surface area (Å²) < 4.78 is 10.4. The second kappa shape index (κ2) is 7.60. The van der Waals surface area contributed by atoms with Crippen LogP contribution in [0.4, 0.5) is 0 Å². The van der Waals surface area contributed by atoms with Crippen molar-refractivity contribution in [1.82, 2.24) is 0 Å². The van der Waals surface area contributed by atoms with Crippen molar-refractivity contribution >= 4 is 11.8 Å². The van der Waals surface area contributed by atoms with E-state index in [0.717, 1.165) is 38.5 Å². The zero-order chi connectivity index (χ0) is 14.3. The van der Waals surface area contributed by atoms with Crippen molar-refractivity contribution in [1.29, 1.82) is 0 Å². The number of rotatable bonds is 9. The first kappa shape index (κ1) is 16.1. The summed E-state index contributed by atoms with van der Waals surface area (Å²) in [6, 6.07) is 0. The second-order valence-electron chi connectivity index (χ2n) is 5.19. The Hall–Kier alpha value is -0.940. The number of unbranched alkanes of at least 4 members (excludes halogenated alkanes) is 1. The standard InChI is InChI=1S/C14H24O5/c1-18-14(19-2,10-13(16)17)9-4-3-6-11-7-5-8-12(11)15/h11H,3-10H2,1-2H3,(H,16,17). The first-order valence-corrected chi connectivity index (χ1v) is 6.88. The van der Waals surface area contributed by atoms with Crippen molar-refractivity contribution in [2.24, 2.45) is 5.92 Å².